The Kier molecular flexibility index (Phi) is 5.39. The number of morpholine rings is 1. The van der Waals surface area contributed by atoms with Gasteiger partial charge in [0.05, 0.1) is 26.9 Å². The number of nitrogen functional groups attached to an aromatic ring is 1. The Morgan fingerprint density at radius 3 is 2.62 bits per heavy atom. The summed E-state index contributed by atoms with van der Waals surface area (Å²) in [5.41, 5.74) is 6.91. The lowest BCUT2D eigenvalue weighted by molar-refractivity contribution is 0.0331. The van der Waals surface area contributed by atoms with Crippen LogP contribution in [0.15, 0.2) is 24.3 Å². The molecule has 128 valence electrons. The molecule has 0 aliphatic carbocycles. The predicted octanol–water partition coefficient (Wildman–Crippen LogP) is 0.907. The molecule has 8 heteroatoms. The van der Waals surface area contributed by atoms with Crippen molar-refractivity contribution in [2.24, 2.45) is 0 Å². The van der Waals surface area contributed by atoms with E-state index in [1.165, 1.54) is 0 Å². The zero-order valence-electron chi connectivity index (χ0n) is 13.7. The van der Waals surface area contributed by atoms with E-state index in [1.54, 1.807) is 7.11 Å². The third-order valence-corrected chi connectivity index (χ3v) is 3.78. The van der Waals surface area contributed by atoms with Gasteiger partial charge in [-0.1, -0.05) is 12.1 Å². The fourth-order valence-electron chi connectivity index (χ4n) is 2.47. The van der Waals surface area contributed by atoms with Gasteiger partial charge in [-0.2, -0.15) is 15.0 Å². The molecule has 1 saturated heterocycles. The topological polar surface area (TPSA) is 98.4 Å². The standard InChI is InChI=1S/C16H22N6O2/c1-23-13-4-2-12(3-5-13)10-18-16-20-14(19-15(17)21-16)11-22-6-8-24-9-7-22/h2-5H,6-11H2,1H3,(H3,17,18,19,20,21). The number of hydrogen-bond acceptors (Lipinski definition) is 8. The van der Waals surface area contributed by atoms with Crippen molar-refractivity contribution in [2.75, 3.05) is 44.5 Å². The molecular weight excluding hydrogens is 308 g/mol. The highest BCUT2D eigenvalue weighted by atomic mass is 16.5. The highest BCUT2D eigenvalue weighted by Gasteiger charge is 2.13. The molecule has 3 rings (SSSR count). The van der Waals surface area contributed by atoms with Crippen molar-refractivity contribution in [1.82, 2.24) is 19.9 Å². The lowest BCUT2D eigenvalue weighted by Crippen LogP contribution is -2.36. The third kappa shape index (κ3) is 4.53. The molecule has 0 spiro atoms. The minimum Gasteiger partial charge on any atom is -0.497 e. The molecule has 8 nitrogen and oxygen atoms in total. The van der Waals surface area contributed by atoms with Crippen molar-refractivity contribution in [3.8, 4) is 5.75 Å². The van der Waals surface area contributed by atoms with Gasteiger partial charge in [0.15, 0.2) is 0 Å². The number of nitrogens with one attached hydrogen (secondary N) is 1. The molecule has 1 aliphatic heterocycles. The highest BCUT2D eigenvalue weighted by Crippen LogP contribution is 2.13. The van der Waals surface area contributed by atoms with Crippen molar-refractivity contribution in [3.05, 3.63) is 35.7 Å². The second kappa shape index (κ2) is 7.89. The fraction of sp³-hybridized carbons (Fsp3) is 0.438. The first kappa shape index (κ1) is 16.4. The van der Waals surface area contributed by atoms with E-state index in [4.69, 9.17) is 15.2 Å². The number of hydrogen-bond donors (Lipinski definition) is 2. The van der Waals surface area contributed by atoms with Gasteiger partial charge in [-0.05, 0) is 17.7 Å². The third-order valence-electron chi connectivity index (χ3n) is 3.78. The van der Waals surface area contributed by atoms with Gasteiger partial charge in [0, 0.05) is 19.6 Å². The largest absolute Gasteiger partial charge is 0.497 e. The molecule has 1 aromatic heterocycles. The van der Waals surface area contributed by atoms with E-state index >= 15 is 0 Å². The molecule has 0 amide bonds. The first-order valence-corrected chi connectivity index (χ1v) is 7.90. The molecule has 2 heterocycles. The van der Waals surface area contributed by atoms with E-state index < -0.39 is 0 Å². The summed E-state index contributed by atoms with van der Waals surface area (Å²) < 4.78 is 10.5. The van der Waals surface area contributed by atoms with Gasteiger partial charge in [-0.3, -0.25) is 4.90 Å². The smallest absolute Gasteiger partial charge is 0.228 e. The first-order valence-electron chi connectivity index (χ1n) is 7.90. The molecule has 0 radical (unpaired) electrons. The predicted molar refractivity (Wildman–Crippen MR) is 90.7 cm³/mol. The van der Waals surface area contributed by atoms with Gasteiger partial charge in [0.25, 0.3) is 0 Å². The van der Waals surface area contributed by atoms with Crippen LogP contribution in [0, 0.1) is 0 Å². The van der Waals surface area contributed by atoms with E-state index in [-0.39, 0.29) is 5.95 Å². The molecule has 0 saturated carbocycles. The van der Waals surface area contributed by atoms with Crippen LogP contribution in [0.4, 0.5) is 11.9 Å². The maximum atomic E-state index is 5.81. The molecule has 0 unspecified atom stereocenters. The minimum atomic E-state index is 0.227. The van der Waals surface area contributed by atoms with Crippen LogP contribution in [0.3, 0.4) is 0 Å². The van der Waals surface area contributed by atoms with Crippen LogP contribution in [-0.2, 0) is 17.8 Å². The van der Waals surface area contributed by atoms with E-state index in [1.807, 2.05) is 24.3 Å². The van der Waals surface area contributed by atoms with Gasteiger partial charge < -0.3 is 20.5 Å². The van der Waals surface area contributed by atoms with E-state index in [0.29, 0.717) is 24.9 Å². The summed E-state index contributed by atoms with van der Waals surface area (Å²) in [6.45, 7) is 4.48. The summed E-state index contributed by atoms with van der Waals surface area (Å²) in [5, 5.41) is 3.19. The summed E-state index contributed by atoms with van der Waals surface area (Å²) in [6, 6.07) is 7.82. The zero-order valence-corrected chi connectivity index (χ0v) is 13.7. The highest BCUT2D eigenvalue weighted by molar-refractivity contribution is 5.34. The summed E-state index contributed by atoms with van der Waals surface area (Å²) in [6.07, 6.45) is 0. The van der Waals surface area contributed by atoms with Gasteiger partial charge >= 0.3 is 0 Å². The van der Waals surface area contributed by atoms with Crippen molar-refractivity contribution in [2.45, 2.75) is 13.1 Å². The quantitative estimate of drug-likeness (QED) is 0.806. The van der Waals surface area contributed by atoms with Crippen molar-refractivity contribution < 1.29 is 9.47 Å². The Labute approximate surface area is 141 Å². The average molecular weight is 330 g/mol. The Balaban J connectivity index is 1.62. The first-order chi connectivity index (χ1) is 11.7. The summed E-state index contributed by atoms with van der Waals surface area (Å²) in [4.78, 5) is 15.1. The van der Waals surface area contributed by atoms with Crippen molar-refractivity contribution >= 4 is 11.9 Å². The van der Waals surface area contributed by atoms with Crippen LogP contribution >= 0.6 is 0 Å². The summed E-state index contributed by atoms with van der Waals surface area (Å²) in [7, 11) is 1.65. The molecule has 1 fully saturated rings. The Morgan fingerprint density at radius 1 is 1.17 bits per heavy atom. The zero-order chi connectivity index (χ0) is 16.8. The van der Waals surface area contributed by atoms with Crippen LogP contribution in [-0.4, -0.2) is 53.3 Å². The number of ether oxygens (including phenoxy) is 2. The number of nitrogens with two attached hydrogens (primary N) is 1. The van der Waals surface area contributed by atoms with Crippen molar-refractivity contribution in [3.63, 3.8) is 0 Å². The lowest BCUT2D eigenvalue weighted by Gasteiger charge is -2.25. The average Bonchev–Trinajstić information content (AvgIpc) is 2.61. The summed E-state index contributed by atoms with van der Waals surface area (Å²) in [5.74, 6) is 2.21. The Bertz CT molecular complexity index is 658. The number of anilines is 2. The normalized spacial score (nSPS) is 15.2. The Morgan fingerprint density at radius 2 is 1.92 bits per heavy atom. The number of aromatic nitrogens is 3. The van der Waals surface area contributed by atoms with Crippen LogP contribution in [0.5, 0.6) is 5.75 Å². The summed E-state index contributed by atoms with van der Waals surface area (Å²) >= 11 is 0. The molecule has 1 aromatic carbocycles. The van der Waals surface area contributed by atoms with Crippen LogP contribution in [0.2, 0.25) is 0 Å². The number of benzene rings is 1. The van der Waals surface area contributed by atoms with E-state index in [9.17, 15) is 0 Å². The monoisotopic (exact) mass is 330 g/mol. The SMILES string of the molecule is COc1ccc(CNc2nc(N)nc(CN3CCOCC3)n2)cc1. The molecule has 24 heavy (non-hydrogen) atoms. The Hall–Kier alpha value is -2.45. The minimum absolute atomic E-state index is 0.227. The maximum absolute atomic E-state index is 5.81. The molecule has 1 aliphatic rings. The lowest BCUT2D eigenvalue weighted by atomic mass is 10.2. The van der Waals surface area contributed by atoms with Gasteiger partial charge in [-0.15, -0.1) is 0 Å². The number of rotatable bonds is 6. The van der Waals surface area contributed by atoms with E-state index in [0.717, 1.165) is 37.6 Å². The second-order valence-electron chi connectivity index (χ2n) is 5.52. The van der Waals surface area contributed by atoms with Crippen LogP contribution < -0.4 is 15.8 Å². The van der Waals surface area contributed by atoms with Crippen molar-refractivity contribution in [1.29, 1.82) is 0 Å². The molecule has 0 atom stereocenters. The fourth-order valence-corrected chi connectivity index (χ4v) is 2.47. The van der Waals surface area contributed by atoms with Gasteiger partial charge in [0.1, 0.15) is 11.6 Å². The van der Waals surface area contributed by atoms with Crippen LogP contribution in [0.25, 0.3) is 0 Å². The molecule has 0 bridgehead atoms. The van der Waals surface area contributed by atoms with Gasteiger partial charge in [0.2, 0.25) is 11.9 Å². The number of methoxy groups -OCH3 is 1. The van der Waals surface area contributed by atoms with Crippen LogP contribution in [0.1, 0.15) is 11.4 Å². The molecular formula is C16H22N6O2. The second-order valence-corrected chi connectivity index (χ2v) is 5.52. The van der Waals surface area contributed by atoms with Gasteiger partial charge in [-0.25, -0.2) is 0 Å². The number of nitrogens with zero attached hydrogens (tertiary/aromatic N) is 4. The molecule has 3 N–H and O–H groups in total. The maximum Gasteiger partial charge on any atom is 0.228 e. The van der Waals surface area contributed by atoms with E-state index in [2.05, 4.69) is 25.2 Å². The molecule has 2 aromatic rings.